The normalized spacial score (nSPS) is 17.0. The first-order chi connectivity index (χ1) is 21.9. The zero-order chi connectivity index (χ0) is 31.0. The van der Waals surface area contributed by atoms with Gasteiger partial charge in [0, 0.05) is 65.3 Å². The average molecular weight is 624 g/mol. The predicted octanol–water partition coefficient (Wildman–Crippen LogP) is 4.89. The van der Waals surface area contributed by atoms with Crippen molar-refractivity contribution in [3.63, 3.8) is 0 Å². The summed E-state index contributed by atoms with van der Waals surface area (Å²) in [6.45, 7) is 3.26. The van der Waals surface area contributed by atoms with Gasteiger partial charge in [-0.2, -0.15) is 10.4 Å². The molecule has 2 fully saturated rings. The lowest BCUT2D eigenvalue weighted by Gasteiger charge is -2.28. The Kier molecular flexibility index (Phi) is 7.83. The number of hydrogen-bond donors (Lipinski definition) is 0. The highest BCUT2D eigenvalue weighted by molar-refractivity contribution is 7.90. The van der Waals surface area contributed by atoms with E-state index in [1.165, 1.54) is 3.97 Å². The van der Waals surface area contributed by atoms with Crippen LogP contribution in [-0.4, -0.2) is 76.5 Å². The van der Waals surface area contributed by atoms with E-state index in [1.54, 1.807) is 55.0 Å². The van der Waals surface area contributed by atoms with Gasteiger partial charge in [0.25, 0.3) is 10.0 Å². The summed E-state index contributed by atoms with van der Waals surface area (Å²) in [5.41, 5.74) is 3.42. The fourth-order valence-electron chi connectivity index (χ4n) is 6.03. The summed E-state index contributed by atoms with van der Waals surface area (Å²) in [5.74, 6) is 0.258. The SMILES string of the molecule is CN1CCC(n2cc(-c3cnc4c(c3)c(-c3cnc(OC5CCOCC5)c(C#N)c3)cn4S(=O)(=O)c3ccccc3)cn2)CC1. The number of likely N-dealkylation sites (tertiary alicyclic amines) is 1. The highest BCUT2D eigenvalue weighted by Gasteiger charge is 2.25. The van der Waals surface area contributed by atoms with Crippen molar-refractivity contribution in [2.75, 3.05) is 33.4 Å². The van der Waals surface area contributed by atoms with Crippen LogP contribution in [0.25, 0.3) is 33.3 Å². The molecule has 0 aliphatic carbocycles. The number of fused-ring (bicyclic) bond motifs is 1. The van der Waals surface area contributed by atoms with Crippen LogP contribution in [0.3, 0.4) is 0 Å². The van der Waals surface area contributed by atoms with Gasteiger partial charge < -0.3 is 14.4 Å². The Hall–Kier alpha value is -4.57. The van der Waals surface area contributed by atoms with E-state index in [4.69, 9.17) is 9.47 Å². The van der Waals surface area contributed by atoms with E-state index >= 15 is 0 Å². The third-order valence-corrected chi connectivity index (χ3v) is 10.3. The van der Waals surface area contributed by atoms with Gasteiger partial charge in [-0.25, -0.2) is 22.4 Å². The van der Waals surface area contributed by atoms with Crippen LogP contribution in [0.2, 0.25) is 0 Å². The predicted molar refractivity (Wildman–Crippen MR) is 168 cm³/mol. The van der Waals surface area contributed by atoms with Gasteiger partial charge in [0.2, 0.25) is 5.88 Å². The number of nitriles is 1. The molecule has 2 saturated heterocycles. The van der Waals surface area contributed by atoms with Crippen molar-refractivity contribution >= 4 is 21.1 Å². The van der Waals surface area contributed by atoms with Crippen molar-refractivity contribution < 1.29 is 17.9 Å². The van der Waals surface area contributed by atoms with Gasteiger partial charge in [-0.3, -0.25) is 4.68 Å². The second-order valence-corrected chi connectivity index (χ2v) is 13.4. The van der Waals surface area contributed by atoms with Crippen molar-refractivity contribution in [1.82, 2.24) is 28.6 Å². The van der Waals surface area contributed by atoms with Gasteiger partial charge in [0.1, 0.15) is 17.7 Å². The number of nitrogens with zero attached hydrogens (tertiary/aromatic N) is 7. The minimum absolute atomic E-state index is 0.0793. The van der Waals surface area contributed by atoms with E-state index < -0.39 is 10.0 Å². The minimum Gasteiger partial charge on any atom is -0.473 e. The molecule has 0 spiro atoms. The molecule has 230 valence electrons. The third-order valence-electron chi connectivity index (χ3n) is 8.64. The molecule has 0 atom stereocenters. The molecule has 6 heterocycles. The molecule has 7 rings (SSSR count). The van der Waals surface area contributed by atoms with Crippen LogP contribution in [0.4, 0.5) is 0 Å². The number of ether oxygens (including phenoxy) is 2. The van der Waals surface area contributed by atoms with E-state index in [2.05, 4.69) is 33.1 Å². The van der Waals surface area contributed by atoms with Gasteiger partial charge >= 0.3 is 0 Å². The van der Waals surface area contributed by atoms with E-state index in [9.17, 15) is 13.7 Å². The first-order valence-electron chi connectivity index (χ1n) is 15.1. The highest BCUT2D eigenvalue weighted by atomic mass is 32.2. The molecule has 0 saturated carbocycles. The maximum absolute atomic E-state index is 13.9. The van der Waals surface area contributed by atoms with E-state index in [-0.39, 0.29) is 28.1 Å². The van der Waals surface area contributed by atoms with Gasteiger partial charge in [-0.05, 0) is 57.2 Å². The van der Waals surface area contributed by atoms with Crippen molar-refractivity contribution in [1.29, 1.82) is 5.26 Å². The molecule has 4 aromatic heterocycles. The van der Waals surface area contributed by atoms with Gasteiger partial charge in [0.15, 0.2) is 5.65 Å². The molecule has 2 aliphatic rings. The van der Waals surface area contributed by atoms with Crippen LogP contribution < -0.4 is 4.74 Å². The van der Waals surface area contributed by atoms with Crippen LogP contribution in [0.1, 0.15) is 37.3 Å². The molecule has 45 heavy (non-hydrogen) atoms. The lowest BCUT2D eigenvalue weighted by atomic mass is 10.0. The van der Waals surface area contributed by atoms with E-state index in [0.717, 1.165) is 49.9 Å². The van der Waals surface area contributed by atoms with Gasteiger partial charge in [-0.15, -0.1) is 0 Å². The second-order valence-electron chi connectivity index (χ2n) is 11.6. The van der Waals surface area contributed by atoms with E-state index in [0.29, 0.717) is 35.8 Å². The standard InChI is InChI=1S/C33H33N7O4S/c1-38-11-7-27(8-12-38)39-21-26(20-37-39)24-16-30-31(22-40(32(30)35-18-24)45(41,42)29-5-3-2-4-6-29)25-15-23(17-34)33(36-19-25)44-28-9-13-43-14-10-28/h2-6,15-16,18-22,27-28H,7-14H2,1H3. The molecule has 1 aromatic carbocycles. The van der Waals surface area contributed by atoms with Crippen LogP contribution in [0.15, 0.2) is 78.3 Å². The van der Waals surface area contributed by atoms with Crippen LogP contribution in [-0.2, 0) is 14.8 Å². The first kappa shape index (κ1) is 29.2. The molecule has 0 amide bonds. The quantitative estimate of drug-likeness (QED) is 0.249. The maximum Gasteiger partial charge on any atom is 0.269 e. The summed E-state index contributed by atoms with van der Waals surface area (Å²) in [6, 6.07) is 14.4. The average Bonchev–Trinajstić information content (AvgIpc) is 3.72. The number of benzene rings is 1. The smallest absolute Gasteiger partial charge is 0.269 e. The second kappa shape index (κ2) is 12.1. The Morgan fingerprint density at radius 1 is 0.933 bits per heavy atom. The summed E-state index contributed by atoms with van der Waals surface area (Å²) in [6.07, 6.45) is 12.2. The Labute approximate surface area is 261 Å². The van der Waals surface area contributed by atoms with Crippen LogP contribution in [0, 0.1) is 11.3 Å². The summed E-state index contributed by atoms with van der Waals surface area (Å²) < 4.78 is 42.4. The van der Waals surface area contributed by atoms with Crippen LogP contribution >= 0.6 is 0 Å². The Balaban J connectivity index is 1.32. The summed E-state index contributed by atoms with van der Waals surface area (Å²) in [4.78, 5) is 11.7. The van der Waals surface area contributed by atoms with Crippen molar-refractivity contribution in [3.05, 3.63) is 79.0 Å². The van der Waals surface area contributed by atoms with Crippen molar-refractivity contribution in [2.24, 2.45) is 0 Å². The molecule has 11 nitrogen and oxygen atoms in total. The topological polar surface area (TPSA) is 128 Å². The molecular weight excluding hydrogens is 590 g/mol. The molecular formula is C33H33N7O4S. The Bertz CT molecular complexity index is 1980. The largest absolute Gasteiger partial charge is 0.473 e. The number of hydrogen-bond acceptors (Lipinski definition) is 9. The molecule has 0 unspecified atom stereocenters. The van der Waals surface area contributed by atoms with Crippen LogP contribution in [0.5, 0.6) is 5.88 Å². The zero-order valence-electron chi connectivity index (χ0n) is 24.9. The third kappa shape index (κ3) is 5.70. The fraction of sp³-hybridized carbons (Fsp3) is 0.333. The number of piperidine rings is 1. The number of aromatic nitrogens is 5. The summed E-state index contributed by atoms with van der Waals surface area (Å²) in [5, 5.41) is 15.3. The van der Waals surface area contributed by atoms with Gasteiger partial charge in [0.05, 0.1) is 30.3 Å². The monoisotopic (exact) mass is 623 g/mol. The van der Waals surface area contributed by atoms with E-state index in [1.807, 2.05) is 23.1 Å². The molecule has 0 N–H and O–H groups in total. The highest BCUT2D eigenvalue weighted by Crippen LogP contribution is 2.36. The number of pyridine rings is 2. The summed E-state index contributed by atoms with van der Waals surface area (Å²) >= 11 is 0. The molecule has 0 radical (unpaired) electrons. The van der Waals surface area contributed by atoms with Crippen molar-refractivity contribution in [2.45, 2.75) is 42.7 Å². The molecule has 12 heteroatoms. The fourth-order valence-corrected chi connectivity index (χ4v) is 7.37. The van der Waals surface area contributed by atoms with Gasteiger partial charge in [-0.1, -0.05) is 18.2 Å². The van der Waals surface area contributed by atoms with Crippen molar-refractivity contribution in [3.8, 4) is 34.2 Å². The lowest BCUT2D eigenvalue weighted by Crippen LogP contribution is -2.31. The molecule has 2 aliphatic heterocycles. The minimum atomic E-state index is -3.98. The number of rotatable bonds is 7. The maximum atomic E-state index is 13.9. The Morgan fingerprint density at radius 3 is 2.44 bits per heavy atom. The summed E-state index contributed by atoms with van der Waals surface area (Å²) in [7, 11) is -1.84. The lowest BCUT2D eigenvalue weighted by molar-refractivity contribution is 0.0236. The Morgan fingerprint density at radius 2 is 1.69 bits per heavy atom. The zero-order valence-corrected chi connectivity index (χ0v) is 25.7. The molecule has 0 bridgehead atoms. The molecule has 5 aromatic rings. The first-order valence-corrected chi connectivity index (χ1v) is 16.5.